The van der Waals surface area contributed by atoms with Crippen LogP contribution in [0.1, 0.15) is 13.3 Å². The predicted octanol–water partition coefficient (Wildman–Crippen LogP) is 0.528. The molecule has 0 spiro atoms. The normalized spacial score (nSPS) is 11.6. The lowest BCUT2D eigenvalue weighted by Gasteiger charge is -2.02. The van der Waals surface area contributed by atoms with Gasteiger partial charge in [-0.2, -0.15) is 5.10 Å². The lowest BCUT2D eigenvalue weighted by atomic mass is 10.5. The van der Waals surface area contributed by atoms with E-state index >= 15 is 0 Å². The van der Waals surface area contributed by atoms with Gasteiger partial charge in [-0.3, -0.25) is 9.40 Å². The van der Waals surface area contributed by atoms with Crippen molar-refractivity contribution in [2.45, 2.75) is 24.8 Å². The van der Waals surface area contributed by atoms with Gasteiger partial charge >= 0.3 is 0 Å². The number of nitrogens with zero attached hydrogens (tertiary/aromatic N) is 4. The average Bonchev–Trinajstić information content (AvgIpc) is 2.88. The first kappa shape index (κ1) is 12.8. The third-order valence-electron chi connectivity index (χ3n) is 2.09. The van der Waals surface area contributed by atoms with E-state index < -0.39 is 10.0 Å². The number of nitrogen functional groups attached to an aromatic ring is 1. The van der Waals surface area contributed by atoms with Crippen LogP contribution in [-0.2, 0) is 16.6 Å². The monoisotopic (exact) mass is 288 g/mol. The maximum Gasteiger partial charge on any atom is 0.267 e. The van der Waals surface area contributed by atoms with Crippen LogP contribution in [-0.4, -0.2) is 27.8 Å². The van der Waals surface area contributed by atoms with E-state index in [-0.39, 0.29) is 10.7 Å². The first-order valence-corrected chi connectivity index (χ1v) is 7.41. The zero-order chi connectivity index (χ0) is 13.2. The van der Waals surface area contributed by atoms with Crippen LogP contribution in [0.15, 0.2) is 17.3 Å². The average molecular weight is 288 g/mol. The van der Waals surface area contributed by atoms with E-state index in [1.54, 1.807) is 0 Å². The SMILES string of the molecule is CCCn1cc(S(=O)(=O)Nc2cnns2)c(N)n1. The molecule has 10 heteroatoms. The van der Waals surface area contributed by atoms with E-state index in [1.807, 2.05) is 6.92 Å². The highest BCUT2D eigenvalue weighted by molar-refractivity contribution is 7.93. The smallest absolute Gasteiger partial charge is 0.267 e. The fourth-order valence-electron chi connectivity index (χ4n) is 1.37. The van der Waals surface area contributed by atoms with E-state index in [4.69, 9.17) is 5.73 Å². The molecule has 0 unspecified atom stereocenters. The standard InChI is InChI=1S/C8H12N6O2S2/c1-2-3-14-5-6(8(9)11-14)18(15,16)12-7-4-10-13-17-7/h4-5,12H,2-3H2,1H3,(H2,9,11). The molecule has 0 aliphatic carbocycles. The van der Waals surface area contributed by atoms with Crippen molar-refractivity contribution in [1.82, 2.24) is 19.4 Å². The van der Waals surface area contributed by atoms with Gasteiger partial charge in [-0.15, -0.1) is 5.10 Å². The number of anilines is 2. The summed E-state index contributed by atoms with van der Waals surface area (Å²) in [7, 11) is -3.74. The predicted molar refractivity (Wildman–Crippen MR) is 67.6 cm³/mol. The van der Waals surface area contributed by atoms with Gasteiger partial charge in [-0.05, 0) is 6.42 Å². The van der Waals surface area contributed by atoms with Crippen molar-refractivity contribution < 1.29 is 8.42 Å². The number of aryl methyl sites for hydroxylation is 1. The molecular formula is C8H12N6O2S2. The Morgan fingerprint density at radius 2 is 2.33 bits per heavy atom. The summed E-state index contributed by atoms with van der Waals surface area (Å²) in [5.41, 5.74) is 5.61. The molecule has 0 aliphatic heterocycles. The molecule has 2 aromatic heterocycles. The molecule has 0 aromatic carbocycles. The van der Waals surface area contributed by atoms with Crippen molar-refractivity contribution in [2.24, 2.45) is 0 Å². The van der Waals surface area contributed by atoms with Crippen molar-refractivity contribution in [2.75, 3.05) is 10.5 Å². The van der Waals surface area contributed by atoms with Gasteiger partial charge in [0.25, 0.3) is 10.0 Å². The first-order chi connectivity index (χ1) is 8.53. The van der Waals surface area contributed by atoms with Crippen LogP contribution in [0.25, 0.3) is 0 Å². The molecule has 0 radical (unpaired) electrons. The minimum atomic E-state index is -3.74. The number of hydrogen-bond acceptors (Lipinski definition) is 7. The number of nitrogens with two attached hydrogens (primary N) is 1. The molecule has 0 amide bonds. The summed E-state index contributed by atoms with van der Waals surface area (Å²) in [5, 5.41) is 7.82. The van der Waals surface area contributed by atoms with E-state index in [9.17, 15) is 8.42 Å². The van der Waals surface area contributed by atoms with Crippen molar-refractivity contribution >= 4 is 32.4 Å². The second-order valence-corrected chi connectivity index (χ2v) is 5.97. The quantitative estimate of drug-likeness (QED) is 0.829. The van der Waals surface area contributed by atoms with E-state index in [0.717, 1.165) is 18.0 Å². The molecule has 18 heavy (non-hydrogen) atoms. The minimum absolute atomic E-state index is 0.0200. The lowest BCUT2D eigenvalue weighted by Crippen LogP contribution is -2.13. The molecule has 0 saturated heterocycles. The topological polar surface area (TPSA) is 116 Å². The fraction of sp³-hybridized carbons (Fsp3) is 0.375. The molecule has 0 fully saturated rings. The van der Waals surface area contributed by atoms with Crippen LogP contribution in [0.5, 0.6) is 0 Å². The molecule has 2 heterocycles. The van der Waals surface area contributed by atoms with E-state index in [1.165, 1.54) is 17.1 Å². The Morgan fingerprint density at radius 3 is 2.94 bits per heavy atom. The van der Waals surface area contributed by atoms with Crippen LogP contribution in [0, 0.1) is 0 Å². The third-order valence-corrected chi connectivity index (χ3v) is 4.18. The van der Waals surface area contributed by atoms with Crippen molar-refractivity contribution in [3.05, 3.63) is 12.4 Å². The van der Waals surface area contributed by atoms with Gasteiger partial charge < -0.3 is 5.73 Å². The summed E-state index contributed by atoms with van der Waals surface area (Å²) < 4.78 is 31.5. The summed E-state index contributed by atoms with van der Waals surface area (Å²) in [4.78, 5) is -0.0376. The highest BCUT2D eigenvalue weighted by Gasteiger charge is 2.21. The van der Waals surface area contributed by atoms with Crippen LogP contribution in [0.4, 0.5) is 10.8 Å². The van der Waals surface area contributed by atoms with Gasteiger partial charge in [0, 0.05) is 24.3 Å². The van der Waals surface area contributed by atoms with Crippen molar-refractivity contribution in [3.63, 3.8) is 0 Å². The number of nitrogens with one attached hydrogen (secondary N) is 1. The van der Waals surface area contributed by atoms with Crippen molar-refractivity contribution in [3.8, 4) is 0 Å². The summed E-state index contributed by atoms with van der Waals surface area (Å²) in [6.45, 7) is 2.58. The summed E-state index contributed by atoms with van der Waals surface area (Å²) >= 11 is 0.948. The Hall–Kier alpha value is -1.68. The molecule has 2 rings (SSSR count). The van der Waals surface area contributed by atoms with Gasteiger partial charge in [-0.1, -0.05) is 11.4 Å². The molecule has 0 atom stereocenters. The lowest BCUT2D eigenvalue weighted by molar-refractivity contribution is 0.595. The van der Waals surface area contributed by atoms with E-state index in [0.29, 0.717) is 11.5 Å². The Morgan fingerprint density at radius 1 is 1.56 bits per heavy atom. The summed E-state index contributed by atoms with van der Waals surface area (Å²) in [6.07, 6.45) is 3.58. The zero-order valence-electron chi connectivity index (χ0n) is 9.57. The number of sulfonamides is 1. The van der Waals surface area contributed by atoms with Crippen LogP contribution in [0.3, 0.4) is 0 Å². The number of rotatable bonds is 5. The molecule has 98 valence electrons. The molecule has 0 aliphatic rings. The van der Waals surface area contributed by atoms with Crippen LogP contribution in [0.2, 0.25) is 0 Å². The Bertz CT molecular complexity index is 618. The van der Waals surface area contributed by atoms with Crippen molar-refractivity contribution in [1.29, 1.82) is 0 Å². The van der Waals surface area contributed by atoms with Gasteiger partial charge in [0.15, 0.2) is 5.82 Å². The molecule has 8 nitrogen and oxygen atoms in total. The minimum Gasteiger partial charge on any atom is -0.381 e. The van der Waals surface area contributed by atoms with E-state index in [2.05, 4.69) is 19.4 Å². The summed E-state index contributed by atoms with van der Waals surface area (Å²) in [5.74, 6) is -0.0200. The fourth-order valence-corrected chi connectivity index (χ4v) is 3.13. The Labute approximate surface area is 108 Å². The zero-order valence-corrected chi connectivity index (χ0v) is 11.2. The molecule has 0 saturated carbocycles. The van der Waals surface area contributed by atoms with Gasteiger partial charge in [0.1, 0.15) is 9.90 Å². The molecule has 2 aromatic rings. The second-order valence-electron chi connectivity index (χ2n) is 3.53. The first-order valence-electron chi connectivity index (χ1n) is 5.16. The molecule has 0 bridgehead atoms. The molecule has 3 N–H and O–H groups in total. The Balaban J connectivity index is 2.29. The maximum atomic E-state index is 12.0. The largest absolute Gasteiger partial charge is 0.381 e. The molecular weight excluding hydrogens is 276 g/mol. The number of hydrogen-bond donors (Lipinski definition) is 2. The second kappa shape index (κ2) is 4.90. The third kappa shape index (κ3) is 2.59. The van der Waals surface area contributed by atoms with Crippen LogP contribution < -0.4 is 10.5 Å². The highest BCUT2D eigenvalue weighted by atomic mass is 32.2. The van der Waals surface area contributed by atoms with Crippen LogP contribution >= 0.6 is 11.5 Å². The summed E-state index contributed by atoms with van der Waals surface area (Å²) in [6, 6.07) is 0. The van der Waals surface area contributed by atoms with Gasteiger partial charge in [0.2, 0.25) is 0 Å². The Kier molecular flexibility index (Phi) is 3.48. The highest BCUT2D eigenvalue weighted by Crippen LogP contribution is 2.21. The maximum absolute atomic E-state index is 12.0. The van der Waals surface area contributed by atoms with Gasteiger partial charge in [-0.25, -0.2) is 8.42 Å². The number of aromatic nitrogens is 4. The van der Waals surface area contributed by atoms with Gasteiger partial charge in [0.05, 0.1) is 6.20 Å².